The van der Waals surface area contributed by atoms with E-state index in [9.17, 15) is 15.3 Å². The fourth-order valence-corrected chi connectivity index (χ4v) is 14.2. The Labute approximate surface area is 253 Å². The molecule has 236 valence electrons. The zero-order valence-electron chi connectivity index (χ0n) is 27.8. The third-order valence-corrected chi connectivity index (χ3v) is 16.1. The largest absolute Gasteiger partial charge is 0.393 e. The summed E-state index contributed by atoms with van der Waals surface area (Å²) in [6.45, 7) is 16.3. The number of aliphatic hydroxyl groups excluding tert-OH is 3. The van der Waals surface area contributed by atoms with Gasteiger partial charge in [-0.25, -0.2) is 0 Å². The molecule has 0 amide bonds. The predicted octanol–water partition coefficient (Wildman–Crippen LogP) is 8.49. The molecule has 6 rings (SSSR count). The van der Waals surface area contributed by atoms with Crippen LogP contribution in [-0.2, 0) is 0 Å². The van der Waals surface area contributed by atoms with Gasteiger partial charge in [-0.05, 0) is 122 Å². The van der Waals surface area contributed by atoms with Crippen LogP contribution in [0.5, 0.6) is 0 Å². The third kappa shape index (κ3) is 4.83. The van der Waals surface area contributed by atoms with Crippen molar-refractivity contribution in [2.45, 2.75) is 157 Å². The maximum Gasteiger partial charge on any atom is 0.0656 e. The van der Waals surface area contributed by atoms with Gasteiger partial charge in [0.15, 0.2) is 0 Å². The van der Waals surface area contributed by atoms with Gasteiger partial charge in [-0.15, -0.1) is 0 Å². The van der Waals surface area contributed by atoms with Crippen molar-refractivity contribution in [3.63, 3.8) is 0 Å². The number of hydrogen-bond donors (Lipinski definition) is 3. The molecule has 0 aliphatic heterocycles. The van der Waals surface area contributed by atoms with Crippen molar-refractivity contribution in [1.82, 2.24) is 0 Å². The van der Waals surface area contributed by atoms with E-state index in [0.717, 1.165) is 36.5 Å². The first-order valence-corrected chi connectivity index (χ1v) is 18.3. The Morgan fingerprint density at radius 2 is 1.39 bits per heavy atom. The minimum Gasteiger partial charge on any atom is -0.393 e. The molecule has 0 spiro atoms. The summed E-state index contributed by atoms with van der Waals surface area (Å²) in [5.74, 6) is 5.99. The van der Waals surface area contributed by atoms with E-state index in [1.807, 2.05) is 6.92 Å². The van der Waals surface area contributed by atoms with Crippen molar-refractivity contribution < 1.29 is 15.3 Å². The summed E-state index contributed by atoms with van der Waals surface area (Å²) in [6.07, 6.45) is 18.0. The molecule has 3 N–H and O–H groups in total. The quantitative estimate of drug-likeness (QED) is 0.318. The summed E-state index contributed by atoms with van der Waals surface area (Å²) in [7, 11) is 0. The molecular formula is C38H66O3. The molecular weight excluding hydrogens is 504 g/mol. The van der Waals surface area contributed by atoms with Gasteiger partial charge in [-0.2, -0.15) is 0 Å². The van der Waals surface area contributed by atoms with Crippen LogP contribution >= 0.6 is 0 Å². The molecule has 6 fully saturated rings. The van der Waals surface area contributed by atoms with Gasteiger partial charge in [0.1, 0.15) is 0 Å². The molecule has 0 aromatic heterocycles. The summed E-state index contributed by atoms with van der Waals surface area (Å²) in [5, 5.41) is 35.3. The molecule has 0 radical (unpaired) electrons. The molecule has 0 aromatic rings. The molecule has 14 atom stereocenters. The lowest BCUT2D eigenvalue weighted by Crippen LogP contribution is -2.70. The smallest absolute Gasteiger partial charge is 0.0656 e. The van der Waals surface area contributed by atoms with E-state index in [4.69, 9.17) is 0 Å². The number of hydrogen-bond acceptors (Lipinski definition) is 3. The Morgan fingerprint density at radius 1 is 0.756 bits per heavy atom. The average Bonchev–Trinajstić information content (AvgIpc) is 3.39. The van der Waals surface area contributed by atoms with Crippen LogP contribution in [0, 0.1) is 81.3 Å². The normalized spacial score (nSPS) is 56.9. The lowest BCUT2D eigenvalue weighted by molar-refractivity contribution is -0.280. The van der Waals surface area contributed by atoms with Gasteiger partial charge in [0.05, 0.1) is 18.3 Å². The molecule has 0 bridgehead atoms. The fourth-order valence-electron chi connectivity index (χ4n) is 14.2. The zero-order chi connectivity index (χ0) is 29.5. The first kappa shape index (κ1) is 30.9. The van der Waals surface area contributed by atoms with Gasteiger partial charge in [0.25, 0.3) is 0 Å². The Hall–Kier alpha value is -0.120. The molecule has 6 aliphatic rings. The number of rotatable bonds is 4. The Bertz CT molecular complexity index is 918. The summed E-state index contributed by atoms with van der Waals surface area (Å²) in [5.41, 5.74) is -0.170. The first-order valence-electron chi connectivity index (χ1n) is 18.3. The monoisotopic (exact) mass is 571 g/mol. The van der Waals surface area contributed by atoms with Gasteiger partial charge in [0.2, 0.25) is 0 Å². The van der Waals surface area contributed by atoms with Gasteiger partial charge in [-0.1, -0.05) is 86.5 Å². The third-order valence-electron chi connectivity index (χ3n) is 16.1. The van der Waals surface area contributed by atoms with E-state index < -0.39 is 12.2 Å². The highest BCUT2D eigenvalue weighted by molar-refractivity contribution is 5.18. The average molecular weight is 571 g/mol. The molecule has 14 unspecified atom stereocenters. The van der Waals surface area contributed by atoms with Crippen LogP contribution in [0.2, 0.25) is 0 Å². The maximum atomic E-state index is 12.5. The van der Waals surface area contributed by atoms with Crippen molar-refractivity contribution in [2.75, 3.05) is 0 Å². The van der Waals surface area contributed by atoms with Gasteiger partial charge < -0.3 is 15.3 Å². The molecule has 6 aliphatic carbocycles. The van der Waals surface area contributed by atoms with E-state index in [2.05, 4.69) is 41.5 Å². The topological polar surface area (TPSA) is 60.7 Å². The van der Waals surface area contributed by atoms with E-state index in [1.165, 1.54) is 77.0 Å². The van der Waals surface area contributed by atoms with E-state index in [-0.39, 0.29) is 40.1 Å². The molecule has 3 nitrogen and oxygen atoms in total. The Morgan fingerprint density at radius 3 is 2.02 bits per heavy atom. The summed E-state index contributed by atoms with van der Waals surface area (Å²) >= 11 is 0. The number of aliphatic hydroxyl groups is 3. The summed E-state index contributed by atoms with van der Waals surface area (Å²) < 4.78 is 0. The highest BCUT2D eigenvalue weighted by Crippen LogP contribution is 2.73. The molecule has 6 saturated carbocycles. The van der Waals surface area contributed by atoms with Crippen molar-refractivity contribution >= 4 is 0 Å². The van der Waals surface area contributed by atoms with Crippen LogP contribution < -0.4 is 0 Å². The summed E-state index contributed by atoms with van der Waals surface area (Å²) in [4.78, 5) is 0. The molecule has 41 heavy (non-hydrogen) atoms. The minimum atomic E-state index is -0.531. The second kappa shape index (κ2) is 11.0. The summed E-state index contributed by atoms with van der Waals surface area (Å²) in [6, 6.07) is 0. The van der Waals surface area contributed by atoms with Crippen molar-refractivity contribution in [1.29, 1.82) is 0 Å². The van der Waals surface area contributed by atoms with Crippen LogP contribution in [-0.4, -0.2) is 33.6 Å². The van der Waals surface area contributed by atoms with Crippen LogP contribution in [0.15, 0.2) is 0 Å². The second-order valence-electron chi connectivity index (χ2n) is 18.3. The van der Waals surface area contributed by atoms with Crippen LogP contribution in [0.1, 0.15) is 138 Å². The van der Waals surface area contributed by atoms with E-state index in [1.54, 1.807) is 0 Å². The standard InChI is InChI=1S/C38H66O3/c1-22-12-17-29(28-15-13-27(14-16-28)18-26-10-8-9-11-26)30-20-36(5)21-37(6)19-23(2)31(25(4)39)35(41)38(37,7)24(3)33(36)34(40)32(22)30/h22-35,39-41H,8-21H2,1-7H3. The highest BCUT2D eigenvalue weighted by Gasteiger charge is 2.70. The van der Waals surface area contributed by atoms with Crippen molar-refractivity contribution in [2.24, 2.45) is 81.3 Å². The maximum absolute atomic E-state index is 12.5. The minimum absolute atomic E-state index is 0.0164. The Balaban J connectivity index is 1.24. The molecule has 0 heterocycles. The van der Waals surface area contributed by atoms with Crippen molar-refractivity contribution in [3.8, 4) is 0 Å². The van der Waals surface area contributed by atoms with Crippen LogP contribution in [0.25, 0.3) is 0 Å². The van der Waals surface area contributed by atoms with Gasteiger partial charge in [0, 0.05) is 11.3 Å². The Kier molecular flexibility index (Phi) is 8.32. The molecule has 0 saturated heterocycles. The van der Waals surface area contributed by atoms with Gasteiger partial charge >= 0.3 is 0 Å². The van der Waals surface area contributed by atoms with Crippen LogP contribution in [0.4, 0.5) is 0 Å². The van der Waals surface area contributed by atoms with E-state index in [0.29, 0.717) is 23.7 Å². The van der Waals surface area contributed by atoms with Crippen molar-refractivity contribution in [3.05, 3.63) is 0 Å². The van der Waals surface area contributed by atoms with Gasteiger partial charge in [-0.3, -0.25) is 0 Å². The fraction of sp³-hybridized carbons (Fsp3) is 1.00. The lowest BCUT2D eigenvalue weighted by atomic mass is 9.34. The number of fused-ring (bicyclic) bond motifs is 3. The lowest BCUT2D eigenvalue weighted by Gasteiger charge is -2.72. The van der Waals surface area contributed by atoms with E-state index >= 15 is 0 Å². The first-order chi connectivity index (χ1) is 19.3. The second-order valence-corrected chi connectivity index (χ2v) is 18.3. The highest BCUT2D eigenvalue weighted by atomic mass is 16.3. The molecule has 3 heteroatoms. The van der Waals surface area contributed by atoms with Crippen LogP contribution in [0.3, 0.4) is 0 Å². The SMILES string of the molecule is CC(O)C1C(C)CC2(C)CC3(C)CC4C(C5CCC(CC6CCCC6)CC5)CCC(C)C4C(O)C3C(C)C2(C)C1O. The zero-order valence-corrected chi connectivity index (χ0v) is 27.8. The predicted molar refractivity (Wildman–Crippen MR) is 168 cm³/mol. The molecule has 0 aromatic carbocycles.